The van der Waals surface area contributed by atoms with Gasteiger partial charge in [-0.15, -0.1) is 0 Å². The van der Waals surface area contributed by atoms with Gasteiger partial charge in [0.15, 0.2) is 0 Å². The number of ether oxygens (including phenoxy) is 3. The molecular formula is C14H26O5. The largest absolute Gasteiger partial charge is 0.394 e. The average molecular weight is 274 g/mol. The van der Waals surface area contributed by atoms with Crippen molar-refractivity contribution in [3.8, 4) is 0 Å². The van der Waals surface area contributed by atoms with Gasteiger partial charge in [0.1, 0.15) is 12.2 Å². The normalized spacial score (nSPS) is 32.5. The van der Waals surface area contributed by atoms with E-state index in [0.717, 1.165) is 51.7 Å². The topological polar surface area (TPSA) is 74.8 Å². The minimum absolute atomic E-state index is 0.105. The molecule has 2 heterocycles. The number of aliphatic hydroxyl groups excluding tert-OH is 2. The zero-order chi connectivity index (χ0) is 13.5. The van der Waals surface area contributed by atoms with Crippen molar-refractivity contribution in [1.82, 2.24) is 0 Å². The van der Waals surface area contributed by atoms with Crippen molar-refractivity contribution in [3.05, 3.63) is 0 Å². The van der Waals surface area contributed by atoms with E-state index in [4.69, 9.17) is 24.4 Å². The quantitative estimate of drug-likeness (QED) is 0.408. The van der Waals surface area contributed by atoms with Crippen LogP contribution in [-0.2, 0) is 14.2 Å². The Hall–Kier alpha value is -0.200. The summed E-state index contributed by atoms with van der Waals surface area (Å²) in [5, 5.41) is 17.6. The number of rotatable bonds is 12. The summed E-state index contributed by atoms with van der Waals surface area (Å²) in [6.07, 6.45) is 7.22. The Morgan fingerprint density at radius 2 is 1.16 bits per heavy atom. The second-order valence-corrected chi connectivity index (χ2v) is 5.40. The molecule has 2 fully saturated rings. The van der Waals surface area contributed by atoms with Crippen LogP contribution < -0.4 is 0 Å². The van der Waals surface area contributed by atoms with Crippen molar-refractivity contribution in [2.75, 3.05) is 26.4 Å². The zero-order valence-electron chi connectivity index (χ0n) is 11.5. The molecule has 5 heteroatoms. The molecule has 0 radical (unpaired) electrons. The fraction of sp³-hybridized carbons (Fsp3) is 1.00. The van der Waals surface area contributed by atoms with Gasteiger partial charge < -0.3 is 24.4 Å². The molecule has 4 unspecified atom stereocenters. The zero-order valence-corrected chi connectivity index (χ0v) is 11.5. The van der Waals surface area contributed by atoms with Gasteiger partial charge in [-0.25, -0.2) is 0 Å². The van der Waals surface area contributed by atoms with Crippen LogP contribution >= 0.6 is 0 Å². The van der Waals surface area contributed by atoms with Crippen molar-refractivity contribution in [1.29, 1.82) is 0 Å². The summed E-state index contributed by atoms with van der Waals surface area (Å²) >= 11 is 0. The summed E-state index contributed by atoms with van der Waals surface area (Å²) in [5.74, 6) is 0. The molecule has 0 aromatic carbocycles. The van der Waals surface area contributed by atoms with E-state index in [9.17, 15) is 0 Å². The van der Waals surface area contributed by atoms with Gasteiger partial charge in [0.25, 0.3) is 0 Å². The third kappa shape index (κ3) is 5.75. The van der Waals surface area contributed by atoms with Crippen molar-refractivity contribution in [3.63, 3.8) is 0 Å². The van der Waals surface area contributed by atoms with Gasteiger partial charge in [-0.1, -0.05) is 0 Å². The Labute approximate surface area is 114 Å². The number of aliphatic hydroxyl groups is 2. The molecule has 19 heavy (non-hydrogen) atoms. The molecule has 2 rings (SSSR count). The summed E-state index contributed by atoms with van der Waals surface area (Å²) < 4.78 is 16.1. The van der Waals surface area contributed by atoms with Crippen LogP contribution in [-0.4, -0.2) is 61.1 Å². The Kier molecular flexibility index (Phi) is 6.53. The summed E-state index contributed by atoms with van der Waals surface area (Å²) in [5.41, 5.74) is 0. The van der Waals surface area contributed by atoms with Crippen LogP contribution in [0.1, 0.15) is 38.5 Å². The maximum Gasteiger partial charge on any atom is 0.107 e. The third-order valence-corrected chi connectivity index (χ3v) is 3.79. The molecule has 2 aliphatic rings. The molecule has 4 atom stereocenters. The molecule has 0 saturated carbocycles. The highest BCUT2D eigenvalue weighted by atomic mass is 16.6. The molecule has 0 amide bonds. The third-order valence-electron chi connectivity index (χ3n) is 3.79. The minimum Gasteiger partial charge on any atom is -0.394 e. The van der Waals surface area contributed by atoms with E-state index in [1.807, 2.05) is 0 Å². The fourth-order valence-corrected chi connectivity index (χ4v) is 2.39. The van der Waals surface area contributed by atoms with Gasteiger partial charge >= 0.3 is 0 Å². The van der Waals surface area contributed by atoms with Crippen molar-refractivity contribution in [2.45, 2.75) is 62.9 Å². The maximum atomic E-state index is 8.80. The fourth-order valence-electron chi connectivity index (χ4n) is 2.39. The Morgan fingerprint density at radius 3 is 1.53 bits per heavy atom. The van der Waals surface area contributed by atoms with Gasteiger partial charge in [0.2, 0.25) is 0 Å². The number of hydrogen-bond acceptors (Lipinski definition) is 5. The molecule has 0 aromatic rings. The standard InChI is InChI=1S/C14H26O5/c15-9-13-11(18-13)5-1-3-7-17-8-4-2-6-12-14(10-16)19-12/h11-16H,1-10H2. The number of unbranched alkanes of at least 4 members (excludes halogenated alkanes) is 2. The molecule has 5 nitrogen and oxygen atoms in total. The van der Waals surface area contributed by atoms with Crippen LogP contribution in [0.2, 0.25) is 0 Å². The van der Waals surface area contributed by atoms with E-state index in [-0.39, 0.29) is 25.4 Å². The molecule has 0 bridgehead atoms. The van der Waals surface area contributed by atoms with E-state index in [0.29, 0.717) is 12.2 Å². The highest BCUT2D eigenvalue weighted by molar-refractivity contribution is 4.84. The summed E-state index contributed by atoms with van der Waals surface area (Å²) in [6.45, 7) is 1.94. The van der Waals surface area contributed by atoms with Crippen molar-refractivity contribution < 1.29 is 24.4 Å². The monoisotopic (exact) mass is 274 g/mol. The second-order valence-electron chi connectivity index (χ2n) is 5.40. The first-order chi connectivity index (χ1) is 9.35. The second kappa shape index (κ2) is 8.17. The van der Waals surface area contributed by atoms with Gasteiger partial charge in [0.05, 0.1) is 25.4 Å². The minimum atomic E-state index is 0.105. The number of epoxide rings is 2. The SMILES string of the molecule is OCC1OC1CCCCOCCCCC1OC1CO. The Bertz CT molecular complexity index is 224. The van der Waals surface area contributed by atoms with Crippen LogP contribution in [0.3, 0.4) is 0 Å². The van der Waals surface area contributed by atoms with E-state index in [2.05, 4.69) is 0 Å². The van der Waals surface area contributed by atoms with Crippen LogP contribution in [0.5, 0.6) is 0 Å². The van der Waals surface area contributed by atoms with Crippen LogP contribution in [0, 0.1) is 0 Å². The lowest BCUT2D eigenvalue weighted by Gasteiger charge is -2.03. The number of hydrogen-bond donors (Lipinski definition) is 2. The first-order valence-electron chi connectivity index (χ1n) is 7.45. The maximum absolute atomic E-state index is 8.80. The van der Waals surface area contributed by atoms with E-state index >= 15 is 0 Å². The van der Waals surface area contributed by atoms with E-state index in [1.165, 1.54) is 0 Å². The highest BCUT2D eigenvalue weighted by Gasteiger charge is 2.37. The highest BCUT2D eigenvalue weighted by Crippen LogP contribution is 2.27. The van der Waals surface area contributed by atoms with Gasteiger partial charge in [-0.2, -0.15) is 0 Å². The predicted molar refractivity (Wildman–Crippen MR) is 70.0 cm³/mol. The van der Waals surface area contributed by atoms with Crippen LogP contribution in [0.15, 0.2) is 0 Å². The lowest BCUT2D eigenvalue weighted by molar-refractivity contribution is 0.125. The molecular weight excluding hydrogens is 248 g/mol. The lowest BCUT2D eigenvalue weighted by atomic mass is 10.1. The predicted octanol–water partition coefficient (Wildman–Crippen LogP) is 0.863. The van der Waals surface area contributed by atoms with Crippen molar-refractivity contribution in [2.24, 2.45) is 0 Å². The van der Waals surface area contributed by atoms with Crippen LogP contribution in [0.25, 0.3) is 0 Å². The van der Waals surface area contributed by atoms with Crippen LogP contribution in [0.4, 0.5) is 0 Å². The Morgan fingerprint density at radius 1 is 0.684 bits per heavy atom. The van der Waals surface area contributed by atoms with Gasteiger partial charge in [-0.3, -0.25) is 0 Å². The molecule has 0 aliphatic carbocycles. The van der Waals surface area contributed by atoms with Crippen molar-refractivity contribution >= 4 is 0 Å². The van der Waals surface area contributed by atoms with E-state index < -0.39 is 0 Å². The molecule has 0 spiro atoms. The lowest BCUT2D eigenvalue weighted by Crippen LogP contribution is -2.02. The van der Waals surface area contributed by atoms with Gasteiger partial charge in [0, 0.05) is 13.2 Å². The summed E-state index contributed by atoms with van der Waals surface area (Å²) in [4.78, 5) is 0. The van der Waals surface area contributed by atoms with Gasteiger partial charge in [-0.05, 0) is 38.5 Å². The Balaban J connectivity index is 1.26. The molecule has 0 aromatic heterocycles. The first kappa shape index (κ1) is 15.2. The average Bonchev–Trinajstić information content (AvgIpc) is 3.32. The molecule has 2 N–H and O–H groups in total. The summed E-state index contributed by atoms with van der Waals surface area (Å²) in [6, 6.07) is 0. The smallest absolute Gasteiger partial charge is 0.107 e. The van der Waals surface area contributed by atoms with E-state index in [1.54, 1.807) is 0 Å². The molecule has 112 valence electrons. The first-order valence-corrected chi connectivity index (χ1v) is 7.45. The molecule has 2 saturated heterocycles. The summed E-state index contributed by atoms with van der Waals surface area (Å²) in [7, 11) is 0. The molecule has 2 aliphatic heterocycles.